The molecule has 0 amide bonds. The average Bonchev–Trinajstić information content (AvgIpc) is 3.05. The van der Waals surface area contributed by atoms with Crippen molar-refractivity contribution in [2.45, 2.75) is 38.4 Å². The fraction of sp³-hybridized carbons (Fsp3) is 0.667. The summed E-state index contributed by atoms with van der Waals surface area (Å²) in [4.78, 5) is 6.93. The predicted octanol–water partition coefficient (Wildman–Crippen LogP) is 2.05. The van der Waals surface area contributed by atoms with Gasteiger partial charge in [0.2, 0.25) is 0 Å². The van der Waals surface area contributed by atoms with Gasteiger partial charge in [-0.3, -0.25) is 9.89 Å². The van der Waals surface area contributed by atoms with Crippen LogP contribution in [0.5, 0.6) is 0 Å². The fourth-order valence-corrected chi connectivity index (χ4v) is 2.88. The molecule has 0 bridgehead atoms. The molecule has 6 heteroatoms. The second-order valence-electron chi connectivity index (χ2n) is 5.97. The van der Waals surface area contributed by atoms with Crippen molar-refractivity contribution in [3.63, 3.8) is 0 Å². The molecular formula is C15H25IN4O. The smallest absolute Gasteiger partial charge is 0.191 e. The Morgan fingerprint density at radius 3 is 2.86 bits per heavy atom. The SMILES string of the molecule is CN=C(NCc1ccoc1)NC1CN(C2CC2)CC1C.I. The zero-order chi connectivity index (χ0) is 13.9. The van der Waals surface area contributed by atoms with E-state index in [1.807, 2.05) is 13.1 Å². The number of rotatable bonds is 4. The third-order valence-corrected chi connectivity index (χ3v) is 4.29. The second kappa shape index (κ2) is 7.49. The lowest BCUT2D eigenvalue weighted by Gasteiger charge is -2.20. The molecule has 0 spiro atoms. The normalized spacial score (nSPS) is 26.5. The molecule has 5 nitrogen and oxygen atoms in total. The molecule has 1 saturated carbocycles. The molecule has 118 valence electrons. The van der Waals surface area contributed by atoms with Crippen LogP contribution in [0.2, 0.25) is 0 Å². The van der Waals surface area contributed by atoms with E-state index in [4.69, 9.17) is 4.42 Å². The largest absolute Gasteiger partial charge is 0.472 e. The van der Waals surface area contributed by atoms with E-state index in [1.165, 1.54) is 19.4 Å². The quantitative estimate of drug-likeness (QED) is 0.458. The van der Waals surface area contributed by atoms with Gasteiger partial charge in [-0.05, 0) is 24.8 Å². The molecular weight excluding hydrogens is 379 g/mol. The summed E-state index contributed by atoms with van der Waals surface area (Å²) in [7, 11) is 1.82. The highest BCUT2D eigenvalue weighted by molar-refractivity contribution is 14.0. The van der Waals surface area contributed by atoms with E-state index in [1.54, 1.807) is 12.5 Å². The van der Waals surface area contributed by atoms with Crippen LogP contribution in [0.3, 0.4) is 0 Å². The van der Waals surface area contributed by atoms with E-state index >= 15 is 0 Å². The number of hydrogen-bond acceptors (Lipinski definition) is 3. The number of guanidine groups is 1. The van der Waals surface area contributed by atoms with E-state index in [0.717, 1.165) is 30.7 Å². The summed E-state index contributed by atoms with van der Waals surface area (Å²) in [5.74, 6) is 1.55. The van der Waals surface area contributed by atoms with Gasteiger partial charge in [-0.15, -0.1) is 24.0 Å². The van der Waals surface area contributed by atoms with Crippen molar-refractivity contribution in [1.29, 1.82) is 0 Å². The zero-order valence-corrected chi connectivity index (χ0v) is 15.0. The Morgan fingerprint density at radius 1 is 1.43 bits per heavy atom. The van der Waals surface area contributed by atoms with Gasteiger partial charge in [-0.25, -0.2) is 0 Å². The molecule has 3 rings (SSSR count). The number of nitrogens with one attached hydrogen (secondary N) is 2. The molecule has 1 saturated heterocycles. The van der Waals surface area contributed by atoms with Crippen LogP contribution in [-0.2, 0) is 6.54 Å². The van der Waals surface area contributed by atoms with E-state index in [2.05, 4.69) is 27.4 Å². The van der Waals surface area contributed by atoms with Crippen molar-refractivity contribution in [1.82, 2.24) is 15.5 Å². The summed E-state index contributed by atoms with van der Waals surface area (Å²) >= 11 is 0. The Kier molecular flexibility index (Phi) is 5.92. The molecule has 2 fully saturated rings. The maximum absolute atomic E-state index is 5.07. The number of halogens is 1. The highest BCUT2D eigenvalue weighted by Gasteiger charge is 2.38. The van der Waals surface area contributed by atoms with Crippen LogP contribution in [0, 0.1) is 5.92 Å². The number of furan rings is 1. The van der Waals surface area contributed by atoms with Gasteiger partial charge in [0.25, 0.3) is 0 Å². The topological polar surface area (TPSA) is 52.8 Å². The van der Waals surface area contributed by atoms with Gasteiger partial charge in [0.15, 0.2) is 5.96 Å². The van der Waals surface area contributed by atoms with E-state index in [-0.39, 0.29) is 24.0 Å². The molecule has 2 atom stereocenters. The molecule has 2 heterocycles. The minimum absolute atomic E-state index is 0. The van der Waals surface area contributed by atoms with Gasteiger partial charge in [0.05, 0.1) is 12.5 Å². The number of hydrogen-bond donors (Lipinski definition) is 2. The number of nitrogens with zero attached hydrogens (tertiary/aromatic N) is 2. The molecule has 1 aliphatic heterocycles. The van der Waals surface area contributed by atoms with Crippen molar-refractivity contribution >= 4 is 29.9 Å². The molecule has 2 aliphatic rings. The fourth-order valence-electron chi connectivity index (χ4n) is 2.88. The molecule has 2 N–H and O–H groups in total. The molecule has 1 aromatic rings. The minimum Gasteiger partial charge on any atom is -0.472 e. The highest BCUT2D eigenvalue weighted by atomic mass is 127. The molecule has 0 aromatic carbocycles. The average molecular weight is 404 g/mol. The molecule has 0 radical (unpaired) electrons. The van der Waals surface area contributed by atoms with Gasteiger partial charge >= 0.3 is 0 Å². The minimum atomic E-state index is 0. The van der Waals surface area contributed by atoms with Crippen molar-refractivity contribution in [3.8, 4) is 0 Å². The Hall–Kier alpha value is -0.760. The van der Waals surface area contributed by atoms with Crippen LogP contribution >= 0.6 is 24.0 Å². The number of aliphatic imine (C=N–C) groups is 1. The lowest BCUT2D eigenvalue weighted by Crippen LogP contribution is -2.46. The summed E-state index contributed by atoms with van der Waals surface area (Å²) in [6.07, 6.45) is 6.22. The third kappa shape index (κ3) is 4.35. The predicted molar refractivity (Wildman–Crippen MR) is 95.0 cm³/mol. The Morgan fingerprint density at radius 2 is 2.24 bits per heavy atom. The van der Waals surface area contributed by atoms with Crippen molar-refractivity contribution in [2.75, 3.05) is 20.1 Å². The second-order valence-corrected chi connectivity index (χ2v) is 5.97. The molecule has 1 aliphatic carbocycles. The maximum Gasteiger partial charge on any atom is 0.191 e. The van der Waals surface area contributed by atoms with Crippen molar-refractivity contribution in [3.05, 3.63) is 24.2 Å². The van der Waals surface area contributed by atoms with Crippen LogP contribution in [0.15, 0.2) is 28.0 Å². The van der Waals surface area contributed by atoms with E-state index in [0.29, 0.717) is 12.0 Å². The summed E-state index contributed by atoms with van der Waals surface area (Å²) in [5.41, 5.74) is 1.13. The highest BCUT2D eigenvalue weighted by Crippen LogP contribution is 2.31. The molecule has 1 aromatic heterocycles. The van der Waals surface area contributed by atoms with Gasteiger partial charge in [-0.2, -0.15) is 0 Å². The Balaban J connectivity index is 0.00000161. The van der Waals surface area contributed by atoms with Gasteiger partial charge in [0.1, 0.15) is 0 Å². The Labute approximate surface area is 143 Å². The first-order valence-electron chi connectivity index (χ1n) is 7.48. The third-order valence-electron chi connectivity index (χ3n) is 4.29. The van der Waals surface area contributed by atoms with Crippen LogP contribution in [0.25, 0.3) is 0 Å². The summed E-state index contributed by atoms with van der Waals surface area (Å²) in [5, 5.41) is 6.90. The van der Waals surface area contributed by atoms with Gasteiger partial charge in [0, 0.05) is 44.3 Å². The van der Waals surface area contributed by atoms with Crippen LogP contribution < -0.4 is 10.6 Å². The first-order valence-corrected chi connectivity index (χ1v) is 7.48. The van der Waals surface area contributed by atoms with E-state index in [9.17, 15) is 0 Å². The lowest BCUT2D eigenvalue weighted by atomic mass is 10.1. The maximum atomic E-state index is 5.07. The van der Waals surface area contributed by atoms with Gasteiger partial charge < -0.3 is 15.1 Å². The molecule has 2 unspecified atom stereocenters. The first kappa shape index (κ1) is 16.6. The summed E-state index contributed by atoms with van der Waals surface area (Å²) in [6.45, 7) is 5.41. The molecule has 21 heavy (non-hydrogen) atoms. The zero-order valence-electron chi connectivity index (χ0n) is 12.7. The van der Waals surface area contributed by atoms with Crippen LogP contribution in [0.4, 0.5) is 0 Å². The Bertz CT molecular complexity index is 458. The van der Waals surface area contributed by atoms with Crippen LogP contribution in [-0.4, -0.2) is 43.1 Å². The first-order chi connectivity index (χ1) is 9.76. The van der Waals surface area contributed by atoms with Crippen LogP contribution in [0.1, 0.15) is 25.3 Å². The van der Waals surface area contributed by atoms with Gasteiger partial charge in [-0.1, -0.05) is 6.92 Å². The summed E-state index contributed by atoms with van der Waals surface area (Å²) < 4.78 is 5.07. The number of likely N-dealkylation sites (tertiary alicyclic amines) is 1. The van der Waals surface area contributed by atoms with Crippen molar-refractivity contribution < 1.29 is 4.42 Å². The lowest BCUT2D eigenvalue weighted by molar-refractivity contribution is 0.315. The monoisotopic (exact) mass is 404 g/mol. The van der Waals surface area contributed by atoms with Crippen molar-refractivity contribution in [2.24, 2.45) is 10.9 Å². The standard InChI is InChI=1S/C15H24N4O.HI/c1-11-8-19(13-3-4-13)9-14(11)18-15(16-2)17-7-12-5-6-20-10-12;/h5-6,10-11,13-14H,3-4,7-9H2,1-2H3,(H2,16,17,18);1H. The summed E-state index contributed by atoms with van der Waals surface area (Å²) in [6, 6.07) is 3.31. The van der Waals surface area contributed by atoms with E-state index < -0.39 is 0 Å².